The van der Waals surface area contributed by atoms with Crippen LogP contribution < -0.4 is 0 Å². The van der Waals surface area contributed by atoms with Crippen LogP contribution in [0.5, 0.6) is 0 Å². The van der Waals surface area contributed by atoms with Crippen LogP contribution in [0.3, 0.4) is 0 Å². The van der Waals surface area contributed by atoms with Gasteiger partial charge < -0.3 is 0 Å². The Morgan fingerprint density at radius 3 is 1.09 bits per heavy atom. The van der Waals surface area contributed by atoms with E-state index in [-0.39, 0.29) is 17.5 Å². The van der Waals surface area contributed by atoms with Gasteiger partial charge in [-0.2, -0.15) is 0 Å². The van der Waals surface area contributed by atoms with Crippen molar-refractivity contribution in [3.05, 3.63) is 0 Å². The van der Waals surface area contributed by atoms with Gasteiger partial charge in [-0.05, 0) is 19.8 Å². The van der Waals surface area contributed by atoms with E-state index in [4.69, 9.17) is 0 Å². The van der Waals surface area contributed by atoms with E-state index >= 15 is 0 Å². The summed E-state index contributed by atoms with van der Waals surface area (Å²) >= 11 is 0. The third-order valence-electron chi connectivity index (χ3n) is 7.25. The summed E-state index contributed by atoms with van der Waals surface area (Å²) < 4.78 is 0. The SMILES string of the molecule is CCCCCCCCCCCCCCCCC(C(C)=O)C(=O)CCCCCCCCCCC. The van der Waals surface area contributed by atoms with Gasteiger partial charge in [0, 0.05) is 6.42 Å². The Hall–Kier alpha value is -0.660. The molecule has 0 aromatic heterocycles. The van der Waals surface area contributed by atoms with Gasteiger partial charge in [-0.15, -0.1) is 0 Å². The Morgan fingerprint density at radius 2 is 0.758 bits per heavy atom. The third kappa shape index (κ3) is 22.9. The minimum atomic E-state index is -0.323. The van der Waals surface area contributed by atoms with Crippen LogP contribution in [-0.4, -0.2) is 11.6 Å². The fourth-order valence-corrected chi connectivity index (χ4v) is 4.92. The highest BCUT2D eigenvalue weighted by molar-refractivity contribution is 6.01. The second-order valence-corrected chi connectivity index (χ2v) is 10.6. The molecule has 0 spiro atoms. The minimum absolute atomic E-state index is 0.0885. The van der Waals surface area contributed by atoms with Gasteiger partial charge in [0.15, 0.2) is 0 Å². The first kappa shape index (κ1) is 32.3. The van der Waals surface area contributed by atoms with Gasteiger partial charge in [0.05, 0.1) is 5.92 Å². The molecule has 1 atom stereocenters. The van der Waals surface area contributed by atoms with Crippen molar-refractivity contribution in [2.24, 2.45) is 5.92 Å². The van der Waals surface area contributed by atoms with E-state index in [0.717, 1.165) is 25.7 Å². The van der Waals surface area contributed by atoms with E-state index in [1.807, 2.05) is 0 Å². The van der Waals surface area contributed by atoms with Crippen LogP contribution in [0.15, 0.2) is 0 Å². The molecule has 0 N–H and O–H groups in total. The molecule has 1 unspecified atom stereocenters. The van der Waals surface area contributed by atoms with Crippen molar-refractivity contribution in [2.75, 3.05) is 0 Å². The zero-order valence-corrected chi connectivity index (χ0v) is 23.1. The van der Waals surface area contributed by atoms with Gasteiger partial charge in [-0.1, -0.05) is 155 Å². The quantitative estimate of drug-likeness (QED) is 0.0894. The highest BCUT2D eigenvalue weighted by Gasteiger charge is 2.21. The maximum atomic E-state index is 12.5. The molecule has 2 heteroatoms. The van der Waals surface area contributed by atoms with E-state index in [0.29, 0.717) is 6.42 Å². The topological polar surface area (TPSA) is 34.1 Å². The Balaban J connectivity index is 3.58. The van der Waals surface area contributed by atoms with Crippen LogP contribution in [-0.2, 0) is 9.59 Å². The van der Waals surface area contributed by atoms with E-state index < -0.39 is 0 Å². The highest BCUT2D eigenvalue weighted by atomic mass is 16.1. The summed E-state index contributed by atoms with van der Waals surface area (Å²) in [4.78, 5) is 24.5. The number of Topliss-reactive ketones (excluding diaryl/α,β-unsaturated/α-hetero) is 2. The van der Waals surface area contributed by atoms with Crippen molar-refractivity contribution in [3.8, 4) is 0 Å². The minimum Gasteiger partial charge on any atom is -0.299 e. The molecule has 0 rings (SSSR count). The fraction of sp³-hybridized carbons (Fsp3) is 0.935. The predicted molar refractivity (Wildman–Crippen MR) is 146 cm³/mol. The average molecular weight is 465 g/mol. The molecule has 196 valence electrons. The summed E-state index contributed by atoms with van der Waals surface area (Å²) in [6.07, 6.45) is 31.5. The molecular weight excluding hydrogens is 404 g/mol. The number of ketones is 2. The lowest BCUT2D eigenvalue weighted by Crippen LogP contribution is -2.21. The largest absolute Gasteiger partial charge is 0.299 e. The van der Waals surface area contributed by atoms with Gasteiger partial charge in [-0.25, -0.2) is 0 Å². The van der Waals surface area contributed by atoms with Crippen molar-refractivity contribution in [2.45, 2.75) is 181 Å². The van der Waals surface area contributed by atoms with Gasteiger partial charge in [0.1, 0.15) is 11.6 Å². The van der Waals surface area contributed by atoms with Crippen molar-refractivity contribution >= 4 is 11.6 Å². The Labute approximate surface area is 208 Å². The molecule has 0 bridgehead atoms. The lowest BCUT2D eigenvalue weighted by molar-refractivity contribution is -0.132. The van der Waals surface area contributed by atoms with Crippen molar-refractivity contribution in [1.29, 1.82) is 0 Å². The molecule has 0 saturated carbocycles. The molecule has 0 heterocycles. The standard InChI is InChI=1S/C31H60O2/c1-4-6-8-10-12-14-15-16-17-18-20-21-23-25-27-30(29(3)32)31(33)28-26-24-22-19-13-11-9-7-5-2/h30H,4-28H2,1-3H3. The summed E-state index contributed by atoms with van der Waals surface area (Å²) in [7, 11) is 0. The zero-order valence-electron chi connectivity index (χ0n) is 23.1. The third-order valence-corrected chi connectivity index (χ3v) is 7.25. The summed E-state index contributed by atoms with van der Waals surface area (Å²) in [5.41, 5.74) is 0. The highest BCUT2D eigenvalue weighted by Crippen LogP contribution is 2.19. The second-order valence-electron chi connectivity index (χ2n) is 10.6. The molecule has 0 aromatic carbocycles. The fourth-order valence-electron chi connectivity index (χ4n) is 4.92. The first-order chi connectivity index (χ1) is 16.1. The molecular formula is C31H60O2. The summed E-state index contributed by atoms with van der Waals surface area (Å²) in [5.74, 6) is -0.0258. The molecule has 0 aliphatic carbocycles. The average Bonchev–Trinajstić information content (AvgIpc) is 2.80. The predicted octanol–water partition coefficient (Wildman–Crippen LogP) is 10.6. The smallest absolute Gasteiger partial charge is 0.143 e. The van der Waals surface area contributed by atoms with Crippen LogP contribution in [0.1, 0.15) is 181 Å². The van der Waals surface area contributed by atoms with E-state index in [1.54, 1.807) is 6.92 Å². The van der Waals surface area contributed by atoms with Crippen molar-refractivity contribution < 1.29 is 9.59 Å². The lowest BCUT2D eigenvalue weighted by atomic mass is 9.90. The van der Waals surface area contributed by atoms with E-state index in [9.17, 15) is 9.59 Å². The molecule has 0 aliphatic rings. The first-order valence-corrected chi connectivity index (χ1v) is 15.2. The summed E-state index contributed by atoms with van der Waals surface area (Å²) in [6, 6.07) is 0. The second kappa shape index (κ2) is 26.0. The maximum absolute atomic E-state index is 12.5. The summed E-state index contributed by atoms with van der Waals surface area (Å²) in [6.45, 7) is 6.15. The van der Waals surface area contributed by atoms with Crippen LogP contribution in [0.2, 0.25) is 0 Å². The molecule has 0 aliphatic heterocycles. The zero-order chi connectivity index (χ0) is 24.4. The number of unbranched alkanes of at least 4 members (excludes halogenated alkanes) is 21. The Morgan fingerprint density at radius 1 is 0.455 bits per heavy atom. The first-order valence-electron chi connectivity index (χ1n) is 15.2. The Kier molecular flexibility index (Phi) is 25.4. The van der Waals surface area contributed by atoms with Crippen LogP contribution in [0.25, 0.3) is 0 Å². The summed E-state index contributed by atoms with van der Waals surface area (Å²) in [5, 5.41) is 0. The van der Waals surface area contributed by atoms with E-state index in [1.165, 1.54) is 128 Å². The van der Waals surface area contributed by atoms with Crippen LogP contribution in [0.4, 0.5) is 0 Å². The molecule has 0 saturated heterocycles. The number of carbonyl (C=O) groups is 2. The van der Waals surface area contributed by atoms with Gasteiger partial charge >= 0.3 is 0 Å². The number of hydrogen-bond acceptors (Lipinski definition) is 2. The maximum Gasteiger partial charge on any atom is 0.143 e. The number of carbonyl (C=O) groups excluding carboxylic acids is 2. The van der Waals surface area contributed by atoms with Crippen LogP contribution in [0, 0.1) is 5.92 Å². The van der Waals surface area contributed by atoms with Crippen LogP contribution >= 0.6 is 0 Å². The van der Waals surface area contributed by atoms with Gasteiger partial charge in [-0.3, -0.25) is 9.59 Å². The van der Waals surface area contributed by atoms with E-state index in [2.05, 4.69) is 13.8 Å². The molecule has 0 fully saturated rings. The van der Waals surface area contributed by atoms with Gasteiger partial charge in [0.25, 0.3) is 0 Å². The lowest BCUT2D eigenvalue weighted by Gasteiger charge is -2.12. The van der Waals surface area contributed by atoms with Crippen molar-refractivity contribution in [3.63, 3.8) is 0 Å². The van der Waals surface area contributed by atoms with Crippen molar-refractivity contribution in [1.82, 2.24) is 0 Å². The molecule has 0 aromatic rings. The Bertz CT molecular complexity index is 429. The van der Waals surface area contributed by atoms with Gasteiger partial charge in [0.2, 0.25) is 0 Å². The number of hydrogen-bond donors (Lipinski definition) is 0. The molecule has 33 heavy (non-hydrogen) atoms. The monoisotopic (exact) mass is 464 g/mol. The molecule has 0 amide bonds. The number of rotatable bonds is 27. The normalized spacial score (nSPS) is 12.2. The molecule has 2 nitrogen and oxygen atoms in total. The molecule has 0 radical (unpaired) electrons.